The minimum Gasteiger partial charge on any atom is -0.327 e. The number of aromatic amines is 1. The van der Waals surface area contributed by atoms with Crippen LogP contribution in [0.5, 0.6) is 0 Å². The fourth-order valence-corrected chi connectivity index (χ4v) is 4.79. The van der Waals surface area contributed by atoms with Crippen LogP contribution in [0.1, 0.15) is 24.4 Å². The average Bonchev–Trinajstić information content (AvgIpc) is 3.29. The van der Waals surface area contributed by atoms with Crippen molar-refractivity contribution in [3.8, 4) is 0 Å². The first-order valence-corrected chi connectivity index (χ1v) is 10.1. The number of H-pyrrole nitrogens is 1. The van der Waals surface area contributed by atoms with Crippen LogP contribution < -0.4 is 15.5 Å². The number of anilines is 1. The van der Waals surface area contributed by atoms with Crippen molar-refractivity contribution < 1.29 is 9.69 Å². The summed E-state index contributed by atoms with van der Waals surface area (Å²) in [5, 5.41) is 0. The number of benzene rings is 2. The van der Waals surface area contributed by atoms with Crippen LogP contribution in [0.3, 0.4) is 0 Å². The van der Waals surface area contributed by atoms with Crippen LogP contribution in [0.4, 0.5) is 5.69 Å². The highest BCUT2D eigenvalue weighted by molar-refractivity contribution is 5.96. The summed E-state index contributed by atoms with van der Waals surface area (Å²) in [6, 6.07) is 16.3. The second-order valence-electron chi connectivity index (χ2n) is 7.90. The van der Waals surface area contributed by atoms with Crippen LogP contribution in [0.25, 0.3) is 11.0 Å². The second-order valence-corrected chi connectivity index (χ2v) is 7.90. The first-order valence-electron chi connectivity index (χ1n) is 10.1. The normalized spacial score (nSPS) is 21.8. The molecule has 0 radical (unpaired) electrons. The van der Waals surface area contributed by atoms with Gasteiger partial charge >= 0.3 is 5.69 Å². The van der Waals surface area contributed by atoms with Crippen molar-refractivity contribution in [2.24, 2.45) is 0 Å². The highest BCUT2D eigenvalue weighted by Crippen LogP contribution is 2.27. The third kappa shape index (κ3) is 2.94. The maximum absolute atomic E-state index is 12.9. The summed E-state index contributed by atoms with van der Waals surface area (Å²) < 4.78 is 1.91. The third-order valence-corrected chi connectivity index (χ3v) is 6.24. The van der Waals surface area contributed by atoms with Gasteiger partial charge in [-0.3, -0.25) is 9.36 Å². The largest absolute Gasteiger partial charge is 0.327 e. The molecule has 6 heteroatoms. The van der Waals surface area contributed by atoms with Gasteiger partial charge in [-0.1, -0.05) is 30.3 Å². The molecule has 2 aromatic carbocycles. The molecule has 1 amide bonds. The van der Waals surface area contributed by atoms with Gasteiger partial charge in [-0.05, 0) is 30.2 Å². The van der Waals surface area contributed by atoms with E-state index in [1.807, 2.05) is 51.9 Å². The zero-order chi connectivity index (χ0) is 19.1. The molecule has 3 heterocycles. The molecule has 0 saturated carbocycles. The number of hydrogen-bond acceptors (Lipinski definition) is 2. The molecule has 3 aromatic rings. The van der Waals surface area contributed by atoms with Crippen LogP contribution in [0, 0.1) is 0 Å². The van der Waals surface area contributed by atoms with Gasteiger partial charge in [0.2, 0.25) is 0 Å². The van der Waals surface area contributed by atoms with Crippen LogP contribution in [0.15, 0.2) is 53.3 Å². The van der Waals surface area contributed by atoms with Gasteiger partial charge in [0, 0.05) is 31.1 Å². The number of rotatable bonds is 3. The molecule has 1 aromatic heterocycles. The van der Waals surface area contributed by atoms with Gasteiger partial charge < -0.3 is 14.8 Å². The van der Waals surface area contributed by atoms with Gasteiger partial charge in [0.1, 0.15) is 0 Å². The molecule has 2 aliphatic rings. The van der Waals surface area contributed by atoms with E-state index in [1.165, 1.54) is 10.5 Å². The third-order valence-electron chi connectivity index (χ3n) is 6.24. The van der Waals surface area contributed by atoms with E-state index in [1.54, 1.807) is 0 Å². The number of carbonyl (C=O) groups excluding carboxylic acids is 1. The van der Waals surface area contributed by atoms with E-state index in [9.17, 15) is 9.59 Å². The van der Waals surface area contributed by atoms with Crippen molar-refractivity contribution in [1.29, 1.82) is 0 Å². The lowest BCUT2D eigenvalue weighted by atomic mass is 10.0. The Morgan fingerprint density at radius 3 is 2.68 bits per heavy atom. The fraction of sp³-hybridized carbons (Fsp3) is 0.364. The maximum atomic E-state index is 12.9. The number of nitrogens with one attached hydrogen (secondary N) is 2. The molecule has 5 rings (SSSR count). The Hall–Kier alpha value is -2.86. The van der Waals surface area contributed by atoms with E-state index >= 15 is 0 Å². The second kappa shape index (κ2) is 6.95. The van der Waals surface area contributed by atoms with E-state index in [4.69, 9.17) is 0 Å². The lowest BCUT2D eigenvalue weighted by molar-refractivity contribution is -0.897. The zero-order valence-corrected chi connectivity index (χ0v) is 15.9. The number of hydrogen-bond donors (Lipinski definition) is 2. The summed E-state index contributed by atoms with van der Waals surface area (Å²) in [6.07, 6.45) is 2.78. The van der Waals surface area contributed by atoms with Gasteiger partial charge in [0.25, 0.3) is 5.91 Å². The van der Waals surface area contributed by atoms with E-state index in [2.05, 4.69) is 11.1 Å². The Kier molecular flexibility index (Phi) is 4.28. The van der Waals surface area contributed by atoms with Gasteiger partial charge in [0.05, 0.1) is 24.1 Å². The van der Waals surface area contributed by atoms with Crippen molar-refractivity contribution >= 4 is 22.6 Å². The quantitative estimate of drug-likeness (QED) is 0.719. The predicted octanol–water partition coefficient (Wildman–Crippen LogP) is 1.14. The van der Waals surface area contributed by atoms with Gasteiger partial charge in [-0.25, -0.2) is 4.79 Å². The highest BCUT2D eigenvalue weighted by atomic mass is 16.2. The smallest absolute Gasteiger partial charge is 0.326 e. The van der Waals surface area contributed by atoms with Crippen LogP contribution in [-0.4, -0.2) is 41.6 Å². The number of likely N-dealkylation sites (tertiary alicyclic amines) is 1. The van der Waals surface area contributed by atoms with E-state index in [0.29, 0.717) is 6.54 Å². The fourth-order valence-electron chi connectivity index (χ4n) is 4.79. The monoisotopic (exact) mass is 377 g/mol. The first kappa shape index (κ1) is 17.3. The Morgan fingerprint density at radius 2 is 1.82 bits per heavy atom. The SMILES string of the molecule is O=C(C[NH+]1CCC(n2c(=O)[nH]c3ccccc32)CC1)N1CCc2ccccc21. The Labute approximate surface area is 163 Å². The standard InChI is InChI=1S/C22H24N4O2/c27-21(25-14-9-16-5-1-3-7-19(16)25)15-24-12-10-17(11-13-24)26-20-8-4-2-6-18(20)23-22(26)28/h1-8,17H,9-15H2,(H,23,28)/p+1. The molecule has 0 atom stereocenters. The molecule has 2 N–H and O–H groups in total. The molecule has 0 aliphatic carbocycles. The van der Waals surface area contributed by atoms with Crippen molar-refractivity contribution in [3.05, 3.63) is 64.6 Å². The average molecular weight is 377 g/mol. The van der Waals surface area contributed by atoms with Gasteiger partial charge in [-0.2, -0.15) is 0 Å². The molecular formula is C22H25N4O2+. The number of imidazole rings is 1. The maximum Gasteiger partial charge on any atom is 0.326 e. The Balaban J connectivity index is 1.25. The zero-order valence-electron chi connectivity index (χ0n) is 15.9. The molecule has 6 nitrogen and oxygen atoms in total. The molecule has 28 heavy (non-hydrogen) atoms. The highest BCUT2D eigenvalue weighted by Gasteiger charge is 2.30. The van der Waals surface area contributed by atoms with E-state index in [-0.39, 0.29) is 17.6 Å². The molecule has 0 unspecified atom stereocenters. The molecule has 2 aliphatic heterocycles. The summed E-state index contributed by atoms with van der Waals surface area (Å²) >= 11 is 0. The molecule has 1 saturated heterocycles. The molecular weight excluding hydrogens is 352 g/mol. The summed E-state index contributed by atoms with van der Waals surface area (Å²) in [6.45, 7) is 3.15. The molecule has 0 bridgehead atoms. The van der Waals surface area contributed by atoms with Crippen LogP contribution in [-0.2, 0) is 11.2 Å². The summed E-state index contributed by atoms with van der Waals surface area (Å²) in [4.78, 5) is 31.5. The number of amides is 1. The van der Waals surface area contributed by atoms with Crippen molar-refractivity contribution in [3.63, 3.8) is 0 Å². The van der Waals surface area contributed by atoms with Gasteiger partial charge in [-0.15, -0.1) is 0 Å². The van der Waals surface area contributed by atoms with Crippen molar-refractivity contribution in [2.45, 2.75) is 25.3 Å². The lowest BCUT2D eigenvalue weighted by Gasteiger charge is -2.30. The molecule has 1 fully saturated rings. The van der Waals surface area contributed by atoms with Crippen molar-refractivity contribution in [1.82, 2.24) is 9.55 Å². The number of carbonyl (C=O) groups is 1. The topological polar surface area (TPSA) is 62.5 Å². The van der Waals surface area contributed by atoms with Crippen LogP contribution in [0.2, 0.25) is 0 Å². The van der Waals surface area contributed by atoms with E-state index < -0.39 is 0 Å². The number of nitrogens with zero attached hydrogens (tertiary/aromatic N) is 2. The molecule has 144 valence electrons. The van der Waals surface area contributed by atoms with E-state index in [0.717, 1.165) is 55.6 Å². The Morgan fingerprint density at radius 1 is 1.07 bits per heavy atom. The van der Waals surface area contributed by atoms with Crippen molar-refractivity contribution in [2.75, 3.05) is 31.1 Å². The van der Waals surface area contributed by atoms with Crippen LogP contribution >= 0.6 is 0 Å². The molecule has 0 spiro atoms. The minimum atomic E-state index is -0.0283. The number of aromatic nitrogens is 2. The summed E-state index contributed by atoms with van der Waals surface area (Å²) in [5.74, 6) is 0.211. The van der Waals surface area contributed by atoms with Gasteiger partial charge in [0.15, 0.2) is 6.54 Å². The number of para-hydroxylation sites is 3. The Bertz CT molecular complexity index is 1080. The predicted molar refractivity (Wildman–Crippen MR) is 109 cm³/mol. The number of fused-ring (bicyclic) bond motifs is 2. The summed E-state index contributed by atoms with van der Waals surface area (Å²) in [7, 11) is 0. The number of quaternary nitrogens is 1. The first-order chi connectivity index (χ1) is 13.7. The number of piperidine rings is 1. The summed E-state index contributed by atoms with van der Waals surface area (Å²) in [5.41, 5.74) is 4.19. The lowest BCUT2D eigenvalue weighted by Crippen LogP contribution is -3.14. The minimum absolute atomic E-state index is 0.0283.